The van der Waals surface area contributed by atoms with Gasteiger partial charge in [0.2, 0.25) is 5.88 Å². The van der Waals surface area contributed by atoms with E-state index in [1.807, 2.05) is 0 Å². The number of carbonyl (C=O) groups is 1. The van der Waals surface area contributed by atoms with E-state index in [1.54, 1.807) is 49.4 Å². The van der Waals surface area contributed by atoms with Gasteiger partial charge in [-0.05, 0) is 62.4 Å². The van der Waals surface area contributed by atoms with Crippen molar-refractivity contribution in [3.8, 4) is 10.9 Å². The van der Waals surface area contributed by atoms with E-state index >= 15 is 0 Å². The van der Waals surface area contributed by atoms with Gasteiger partial charge in [-0.25, -0.2) is 9.36 Å². The monoisotopic (exact) mass is 540 g/mol. The van der Waals surface area contributed by atoms with E-state index in [1.165, 1.54) is 22.1 Å². The van der Waals surface area contributed by atoms with Crippen molar-refractivity contribution in [1.29, 1.82) is 0 Å². The number of rotatable bonds is 5. The fourth-order valence-electron chi connectivity index (χ4n) is 4.52. The number of aliphatic imine (C=N–C) groups is 1. The molecule has 5 rings (SSSR count). The number of esters is 1. The molecule has 0 atom stereocenters. The van der Waals surface area contributed by atoms with E-state index in [2.05, 4.69) is 4.99 Å². The van der Waals surface area contributed by atoms with Crippen LogP contribution in [0.2, 0.25) is 10.0 Å². The van der Waals surface area contributed by atoms with Crippen LogP contribution in [0.25, 0.3) is 15.8 Å². The number of aromatic hydroxyl groups is 1. The van der Waals surface area contributed by atoms with E-state index in [4.69, 9.17) is 27.9 Å². The highest BCUT2D eigenvalue weighted by molar-refractivity contribution is 7.15. The Bertz CT molecular complexity index is 1590. The average molecular weight is 541 g/mol. The molecule has 0 bridgehead atoms. The third-order valence-corrected chi connectivity index (χ3v) is 8.00. The van der Waals surface area contributed by atoms with Crippen molar-refractivity contribution in [3.63, 3.8) is 0 Å². The topological polar surface area (TPSA) is 80.9 Å². The minimum absolute atomic E-state index is 0.210. The molecule has 0 saturated carbocycles. The van der Waals surface area contributed by atoms with Crippen LogP contribution in [-0.4, -0.2) is 28.5 Å². The van der Waals surface area contributed by atoms with Gasteiger partial charge in [0.15, 0.2) is 0 Å². The maximum absolute atomic E-state index is 13.7. The van der Waals surface area contributed by atoms with Gasteiger partial charge in [0.25, 0.3) is 5.56 Å². The second-order valence-corrected chi connectivity index (χ2v) is 10.3. The van der Waals surface area contributed by atoms with Gasteiger partial charge in [-0.3, -0.25) is 9.79 Å². The number of carbonyl (C=O) groups excluding carboxylic acids is 1. The predicted molar refractivity (Wildman–Crippen MR) is 145 cm³/mol. The molecule has 1 aliphatic rings. The summed E-state index contributed by atoms with van der Waals surface area (Å²) in [6.07, 6.45) is 4.98. The number of nitrogens with zero attached hydrogens (tertiary/aromatic N) is 2. The molecule has 0 saturated heterocycles. The summed E-state index contributed by atoms with van der Waals surface area (Å²) in [4.78, 5) is 32.3. The van der Waals surface area contributed by atoms with Crippen molar-refractivity contribution in [2.75, 3.05) is 6.61 Å². The van der Waals surface area contributed by atoms with Crippen molar-refractivity contribution >= 4 is 63.2 Å². The number of benzene rings is 2. The van der Waals surface area contributed by atoms with E-state index in [9.17, 15) is 14.7 Å². The molecule has 2 aromatic heterocycles. The van der Waals surface area contributed by atoms with Gasteiger partial charge < -0.3 is 9.84 Å². The van der Waals surface area contributed by atoms with Crippen LogP contribution >= 0.6 is 34.5 Å². The van der Waals surface area contributed by atoms with Crippen LogP contribution in [-0.2, 0) is 17.6 Å². The van der Waals surface area contributed by atoms with Gasteiger partial charge in [-0.2, -0.15) is 0 Å². The first kappa shape index (κ1) is 24.6. The Labute approximate surface area is 221 Å². The standard InChI is InChI=1S/C27H22Cl2N2O4S/c1-2-35-27(34)23-18-9-5-6-10-22(18)36-26(23)31-24(32)17-8-4-3-7-16(17)19(25(31)33)14-30-21-12-11-15(28)13-20(21)29/h3-4,7-8,11-14,33H,2,5-6,9-10H2,1H3. The number of ether oxygens (including phenoxy) is 1. The fraction of sp³-hybridized carbons (Fsp3) is 0.222. The normalized spacial score (nSPS) is 13.3. The van der Waals surface area contributed by atoms with Crippen LogP contribution in [0.3, 0.4) is 0 Å². The molecule has 36 heavy (non-hydrogen) atoms. The van der Waals surface area contributed by atoms with E-state index in [0.717, 1.165) is 36.1 Å². The molecule has 0 amide bonds. The summed E-state index contributed by atoms with van der Waals surface area (Å²) in [6.45, 7) is 1.95. The molecular formula is C27H22Cl2N2O4S. The molecule has 1 aliphatic carbocycles. The van der Waals surface area contributed by atoms with Gasteiger partial charge in [-0.1, -0.05) is 41.4 Å². The lowest BCUT2D eigenvalue weighted by Gasteiger charge is -2.15. The van der Waals surface area contributed by atoms with Crippen molar-refractivity contribution < 1.29 is 14.6 Å². The smallest absolute Gasteiger partial charge is 0.341 e. The van der Waals surface area contributed by atoms with Crippen molar-refractivity contribution in [2.45, 2.75) is 32.6 Å². The van der Waals surface area contributed by atoms with Crippen LogP contribution in [0.15, 0.2) is 52.3 Å². The summed E-state index contributed by atoms with van der Waals surface area (Å²) in [6, 6.07) is 11.9. The highest BCUT2D eigenvalue weighted by atomic mass is 35.5. The zero-order valence-electron chi connectivity index (χ0n) is 19.4. The molecular weight excluding hydrogens is 519 g/mol. The van der Waals surface area contributed by atoms with E-state index in [-0.39, 0.29) is 12.5 Å². The first-order valence-electron chi connectivity index (χ1n) is 11.6. The second kappa shape index (κ2) is 10.1. The molecule has 0 fully saturated rings. The molecule has 0 aliphatic heterocycles. The van der Waals surface area contributed by atoms with Crippen LogP contribution in [0.4, 0.5) is 5.69 Å². The molecule has 0 radical (unpaired) electrons. The Morgan fingerprint density at radius 3 is 2.67 bits per heavy atom. The summed E-state index contributed by atoms with van der Waals surface area (Å²) in [5.74, 6) is -0.800. The number of halogens is 2. The van der Waals surface area contributed by atoms with Crippen LogP contribution in [0.5, 0.6) is 5.88 Å². The van der Waals surface area contributed by atoms with Crippen molar-refractivity contribution in [2.24, 2.45) is 4.99 Å². The number of hydrogen-bond donors (Lipinski definition) is 1. The maximum Gasteiger partial charge on any atom is 0.341 e. The third-order valence-electron chi connectivity index (χ3n) is 6.18. The first-order chi connectivity index (χ1) is 17.4. The molecule has 2 heterocycles. The Balaban J connectivity index is 1.78. The summed E-state index contributed by atoms with van der Waals surface area (Å²) in [7, 11) is 0. The van der Waals surface area contributed by atoms with Gasteiger partial charge in [0, 0.05) is 26.9 Å². The molecule has 6 nitrogen and oxygen atoms in total. The molecule has 2 aromatic carbocycles. The molecule has 0 spiro atoms. The van der Waals surface area contributed by atoms with Crippen LogP contribution in [0, 0.1) is 0 Å². The quantitative estimate of drug-likeness (QED) is 0.221. The zero-order chi connectivity index (χ0) is 25.4. The summed E-state index contributed by atoms with van der Waals surface area (Å²) in [5, 5.41) is 13.6. The molecule has 0 unspecified atom stereocenters. The SMILES string of the molecule is CCOC(=O)c1c(-n2c(O)c(C=Nc3ccc(Cl)cc3Cl)c3ccccc3c2=O)sc2c1CCCC2. The van der Waals surface area contributed by atoms with Gasteiger partial charge in [0.1, 0.15) is 5.00 Å². The number of hydrogen-bond acceptors (Lipinski definition) is 6. The third kappa shape index (κ3) is 4.32. The lowest BCUT2D eigenvalue weighted by Crippen LogP contribution is -2.22. The summed E-state index contributed by atoms with van der Waals surface area (Å²) >= 11 is 13.6. The Morgan fingerprint density at radius 2 is 1.92 bits per heavy atom. The lowest BCUT2D eigenvalue weighted by atomic mass is 9.95. The molecule has 184 valence electrons. The van der Waals surface area contributed by atoms with Gasteiger partial charge in [0.05, 0.1) is 28.4 Å². The predicted octanol–water partition coefficient (Wildman–Crippen LogP) is 6.87. The molecule has 1 N–H and O–H groups in total. The Kier molecular flexibility index (Phi) is 6.88. The Morgan fingerprint density at radius 1 is 1.17 bits per heavy atom. The van der Waals surface area contributed by atoms with Crippen molar-refractivity contribution in [3.05, 3.63) is 84.4 Å². The van der Waals surface area contributed by atoms with Gasteiger partial charge in [-0.15, -0.1) is 11.3 Å². The second-order valence-electron chi connectivity index (χ2n) is 8.39. The minimum Gasteiger partial charge on any atom is -0.494 e. The van der Waals surface area contributed by atoms with E-state index < -0.39 is 11.5 Å². The number of pyridine rings is 1. The Hall–Kier alpha value is -3.13. The summed E-state index contributed by atoms with van der Waals surface area (Å²) in [5.41, 5.74) is 1.63. The maximum atomic E-state index is 13.7. The van der Waals surface area contributed by atoms with E-state index in [0.29, 0.717) is 42.6 Å². The average Bonchev–Trinajstić information content (AvgIpc) is 3.24. The number of fused-ring (bicyclic) bond motifs is 2. The number of thiophene rings is 1. The summed E-state index contributed by atoms with van der Waals surface area (Å²) < 4.78 is 6.57. The van der Waals surface area contributed by atoms with Crippen molar-refractivity contribution in [1.82, 2.24) is 4.57 Å². The zero-order valence-corrected chi connectivity index (χ0v) is 21.7. The fourth-order valence-corrected chi connectivity index (χ4v) is 6.35. The van der Waals surface area contributed by atoms with Gasteiger partial charge >= 0.3 is 5.97 Å². The minimum atomic E-state index is -0.491. The number of aryl methyl sites for hydroxylation is 1. The molecule has 9 heteroatoms. The molecule has 4 aromatic rings. The number of aromatic nitrogens is 1. The first-order valence-corrected chi connectivity index (χ1v) is 13.2. The highest BCUT2D eigenvalue weighted by Gasteiger charge is 2.30. The largest absolute Gasteiger partial charge is 0.494 e. The van der Waals surface area contributed by atoms with Crippen LogP contribution in [0.1, 0.15) is 46.1 Å². The lowest BCUT2D eigenvalue weighted by molar-refractivity contribution is 0.0525. The van der Waals surface area contributed by atoms with Crippen LogP contribution < -0.4 is 5.56 Å². The highest BCUT2D eigenvalue weighted by Crippen LogP contribution is 2.39.